The van der Waals surface area contributed by atoms with Crippen LogP contribution in [0.4, 0.5) is 0 Å². The van der Waals surface area contributed by atoms with Gasteiger partial charge in [0.15, 0.2) is 10.8 Å². The van der Waals surface area contributed by atoms with Gasteiger partial charge in [-0.3, -0.25) is 9.89 Å². The predicted molar refractivity (Wildman–Crippen MR) is 92.3 cm³/mol. The van der Waals surface area contributed by atoms with E-state index in [2.05, 4.69) is 25.5 Å². The van der Waals surface area contributed by atoms with Crippen LogP contribution >= 0.6 is 22.9 Å². The summed E-state index contributed by atoms with van der Waals surface area (Å²) < 4.78 is 0. The second-order valence-electron chi connectivity index (χ2n) is 5.71. The first-order valence-corrected chi connectivity index (χ1v) is 8.71. The maximum Gasteiger partial charge on any atom is 0.263 e. The fraction of sp³-hybridized carbons (Fsp3) is 0.250. The molecule has 122 valence electrons. The number of hydrogen-bond donors (Lipinski definition) is 2. The summed E-state index contributed by atoms with van der Waals surface area (Å²) in [5.74, 6) is 0.752. The van der Waals surface area contributed by atoms with Gasteiger partial charge in [0, 0.05) is 17.0 Å². The van der Waals surface area contributed by atoms with Gasteiger partial charge in [-0.1, -0.05) is 29.8 Å². The normalized spacial score (nSPS) is 19.2. The van der Waals surface area contributed by atoms with Crippen LogP contribution < -0.4 is 5.32 Å². The topological polar surface area (TPSA) is 83.6 Å². The lowest BCUT2D eigenvalue weighted by molar-refractivity contribution is 0.0953. The Balaban J connectivity index is 1.47. The lowest BCUT2D eigenvalue weighted by Crippen LogP contribution is -2.26. The first kappa shape index (κ1) is 15.3. The third-order valence-corrected chi connectivity index (χ3v) is 5.54. The predicted octanol–water partition coefficient (Wildman–Crippen LogP) is 3.18. The second-order valence-corrected chi connectivity index (χ2v) is 7.12. The molecule has 0 saturated heterocycles. The molecule has 0 bridgehead atoms. The number of aromatic nitrogens is 4. The lowest BCUT2D eigenvalue weighted by atomic mass is 10.1. The molecule has 1 saturated carbocycles. The van der Waals surface area contributed by atoms with Gasteiger partial charge in [-0.05, 0) is 25.0 Å². The summed E-state index contributed by atoms with van der Waals surface area (Å²) in [6, 6.07) is 7.89. The van der Waals surface area contributed by atoms with Crippen LogP contribution in [-0.2, 0) is 0 Å². The molecular weight excluding hydrogens is 346 g/mol. The Labute approximate surface area is 147 Å². The molecule has 1 aliphatic carbocycles. The Hall–Kier alpha value is -2.25. The molecule has 2 heterocycles. The quantitative estimate of drug-likeness (QED) is 0.749. The molecule has 0 radical (unpaired) electrons. The minimum absolute atomic E-state index is 0.102. The van der Waals surface area contributed by atoms with Crippen molar-refractivity contribution in [2.75, 3.05) is 0 Å². The highest BCUT2D eigenvalue weighted by Gasteiger charge is 2.41. The van der Waals surface area contributed by atoms with E-state index in [0.717, 1.165) is 17.0 Å². The lowest BCUT2D eigenvalue weighted by Gasteiger charge is -2.05. The van der Waals surface area contributed by atoms with E-state index in [1.807, 2.05) is 31.2 Å². The van der Waals surface area contributed by atoms with Crippen molar-refractivity contribution in [1.82, 2.24) is 25.5 Å². The maximum atomic E-state index is 12.5. The fourth-order valence-corrected chi connectivity index (χ4v) is 3.92. The molecule has 0 unspecified atom stereocenters. The first-order valence-electron chi connectivity index (χ1n) is 7.52. The third-order valence-electron chi connectivity index (χ3n) is 4.03. The van der Waals surface area contributed by atoms with Crippen LogP contribution in [0, 0.1) is 6.92 Å². The summed E-state index contributed by atoms with van der Waals surface area (Å²) in [6.07, 6.45) is 2.33. The average Bonchev–Trinajstić information content (AvgIpc) is 2.99. The second kappa shape index (κ2) is 5.99. The highest BCUT2D eigenvalue weighted by molar-refractivity contribution is 7.17. The Bertz CT molecular complexity index is 892. The number of nitrogens with zero attached hydrogens (tertiary/aromatic N) is 3. The Morgan fingerprint density at radius 2 is 2.25 bits per heavy atom. The van der Waals surface area contributed by atoms with Gasteiger partial charge >= 0.3 is 0 Å². The molecule has 0 aliphatic heterocycles. The van der Waals surface area contributed by atoms with Crippen LogP contribution in [-0.4, -0.2) is 32.1 Å². The van der Waals surface area contributed by atoms with Crippen molar-refractivity contribution >= 4 is 28.8 Å². The van der Waals surface area contributed by atoms with Crippen LogP contribution in [0.2, 0.25) is 5.02 Å². The van der Waals surface area contributed by atoms with Crippen LogP contribution in [0.1, 0.15) is 33.3 Å². The summed E-state index contributed by atoms with van der Waals surface area (Å²) >= 11 is 7.54. The first-order chi connectivity index (χ1) is 11.6. The number of carbonyl (C=O) groups is 1. The third kappa shape index (κ3) is 2.81. The summed E-state index contributed by atoms with van der Waals surface area (Å²) in [4.78, 5) is 21.6. The number of H-pyrrole nitrogens is 1. The van der Waals surface area contributed by atoms with E-state index < -0.39 is 0 Å². The molecule has 3 aromatic rings. The highest BCUT2D eigenvalue weighted by Crippen LogP contribution is 2.43. The number of halogens is 1. The monoisotopic (exact) mass is 359 g/mol. The van der Waals surface area contributed by atoms with Gasteiger partial charge in [0.1, 0.15) is 11.2 Å². The minimum atomic E-state index is -0.102. The highest BCUT2D eigenvalue weighted by atomic mass is 35.5. The van der Waals surface area contributed by atoms with E-state index in [4.69, 9.17) is 11.6 Å². The molecule has 24 heavy (non-hydrogen) atoms. The zero-order valence-corrected chi connectivity index (χ0v) is 14.4. The SMILES string of the molecule is Cc1nc(-c2ncn[nH]2)sc1C(=O)N[C@@H]1C[C@@H]1c1ccccc1Cl. The molecule has 4 rings (SSSR count). The molecule has 1 amide bonds. The van der Waals surface area contributed by atoms with Gasteiger partial charge in [0.05, 0.1) is 5.69 Å². The van der Waals surface area contributed by atoms with Crippen molar-refractivity contribution in [2.45, 2.75) is 25.3 Å². The standard InChI is InChI=1S/C16H14ClN5OS/c1-8-13(24-16(20-8)14-18-7-19-22-14)15(23)21-12-6-10(12)9-4-2-3-5-11(9)17/h2-5,7,10,12H,6H2,1H3,(H,21,23)(H,18,19,22)/t10-,12-/m1/s1. The maximum absolute atomic E-state index is 12.5. The van der Waals surface area contributed by atoms with Gasteiger partial charge in [-0.2, -0.15) is 5.10 Å². The number of thiazole rings is 1. The number of carbonyl (C=O) groups excluding carboxylic acids is 1. The van der Waals surface area contributed by atoms with Gasteiger partial charge in [0.2, 0.25) is 0 Å². The van der Waals surface area contributed by atoms with E-state index in [9.17, 15) is 4.79 Å². The van der Waals surface area contributed by atoms with E-state index in [1.54, 1.807) is 0 Å². The van der Waals surface area contributed by atoms with Gasteiger partial charge < -0.3 is 5.32 Å². The molecule has 1 fully saturated rings. The molecule has 2 atom stereocenters. The van der Waals surface area contributed by atoms with Crippen LogP contribution in [0.3, 0.4) is 0 Å². The van der Waals surface area contributed by atoms with Crippen molar-refractivity contribution < 1.29 is 4.79 Å². The fourth-order valence-electron chi connectivity index (χ4n) is 2.72. The van der Waals surface area contributed by atoms with Crippen LogP contribution in [0.25, 0.3) is 10.8 Å². The van der Waals surface area contributed by atoms with Crippen LogP contribution in [0.5, 0.6) is 0 Å². The van der Waals surface area contributed by atoms with E-state index in [-0.39, 0.29) is 17.9 Å². The summed E-state index contributed by atoms with van der Waals surface area (Å²) in [6.45, 7) is 1.82. The Morgan fingerprint density at radius 3 is 3.00 bits per heavy atom. The molecule has 1 aliphatic rings. The van der Waals surface area contributed by atoms with Crippen molar-refractivity contribution in [3.63, 3.8) is 0 Å². The summed E-state index contributed by atoms with van der Waals surface area (Å²) in [5, 5.41) is 11.1. The van der Waals surface area contributed by atoms with Crippen molar-refractivity contribution in [1.29, 1.82) is 0 Å². The van der Waals surface area contributed by atoms with E-state index in [1.165, 1.54) is 17.7 Å². The number of rotatable bonds is 4. The van der Waals surface area contributed by atoms with E-state index >= 15 is 0 Å². The van der Waals surface area contributed by atoms with Gasteiger partial charge in [-0.15, -0.1) is 11.3 Å². The van der Waals surface area contributed by atoms with Crippen molar-refractivity contribution in [2.24, 2.45) is 0 Å². The van der Waals surface area contributed by atoms with Gasteiger partial charge in [0.25, 0.3) is 5.91 Å². The molecular formula is C16H14ClN5OS. The zero-order chi connectivity index (χ0) is 16.7. The number of aryl methyl sites for hydroxylation is 1. The number of hydrogen-bond acceptors (Lipinski definition) is 5. The molecule has 1 aromatic carbocycles. The number of amides is 1. The summed E-state index contributed by atoms with van der Waals surface area (Å²) in [7, 11) is 0. The smallest absolute Gasteiger partial charge is 0.263 e. The molecule has 8 heteroatoms. The van der Waals surface area contributed by atoms with E-state index in [0.29, 0.717) is 21.4 Å². The van der Waals surface area contributed by atoms with Gasteiger partial charge in [-0.25, -0.2) is 9.97 Å². The molecule has 0 spiro atoms. The summed E-state index contributed by atoms with van der Waals surface area (Å²) in [5.41, 5.74) is 1.78. The van der Waals surface area contributed by atoms with Crippen molar-refractivity contribution in [3.8, 4) is 10.8 Å². The average molecular weight is 360 g/mol. The van der Waals surface area contributed by atoms with Crippen LogP contribution in [0.15, 0.2) is 30.6 Å². The number of nitrogens with one attached hydrogen (secondary N) is 2. The molecule has 2 N–H and O–H groups in total. The number of benzene rings is 1. The zero-order valence-electron chi connectivity index (χ0n) is 12.8. The molecule has 2 aromatic heterocycles. The Kier molecular flexibility index (Phi) is 3.82. The minimum Gasteiger partial charge on any atom is -0.348 e. The molecule has 6 nitrogen and oxygen atoms in total. The largest absolute Gasteiger partial charge is 0.348 e. The number of aromatic amines is 1. The van der Waals surface area contributed by atoms with Crippen molar-refractivity contribution in [3.05, 3.63) is 51.7 Å². The Morgan fingerprint density at radius 1 is 1.42 bits per heavy atom.